The van der Waals surface area contributed by atoms with Gasteiger partial charge in [-0.3, -0.25) is 4.79 Å². The fourth-order valence-electron chi connectivity index (χ4n) is 1.79. The minimum atomic E-state index is 0.108. The first-order chi connectivity index (χ1) is 8.24. The van der Waals surface area contributed by atoms with Crippen molar-refractivity contribution in [1.82, 2.24) is 0 Å². The molecule has 2 aromatic carbocycles. The third kappa shape index (κ3) is 2.42. The van der Waals surface area contributed by atoms with Crippen molar-refractivity contribution in [2.75, 3.05) is 6.26 Å². The third-order valence-electron chi connectivity index (χ3n) is 2.72. The molecule has 2 rings (SSSR count). The SMILES string of the molecule is CSc1ccccc1-c1ccccc(C)c1=O. The summed E-state index contributed by atoms with van der Waals surface area (Å²) in [5, 5.41) is 0. The van der Waals surface area contributed by atoms with Crippen LogP contribution < -0.4 is 5.43 Å². The van der Waals surface area contributed by atoms with Gasteiger partial charge in [0.05, 0.1) is 0 Å². The number of rotatable bonds is 2. The molecule has 0 aliphatic rings. The summed E-state index contributed by atoms with van der Waals surface area (Å²) in [5.74, 6) is 0. The van der Waals surface area contributed by atoms with Gasteiger partial charge in [-0.25, -0.2) is 0 Å². The van der Waals surface area contributed by atoms with Gasteiger partial charge in [-0.2, -0.15) is 0 Å². The van der Waals surface area contributed by atoms with E-state index in [9.17, 15) is 4.79 Å². The Labute approximate surface area is 106 Å². The molecular weight excluding hydrogens is 228 g/mol. The van der Waals surface area contributed by atoms with Gasteiger partial charge in [-0.1, -0.05) is 42.5 Å². The van der Waals surface area contributed by atoms with Gasteiger partial charge in [0.2, 0.25) is 0 Å². The van der Waals surface area contributed by atoms with Gasteiger partial charge in [0.25, 0.3) is 0 Å². The first-order valence-electron chi connectivity index (χ1n) is 5.47. The Hall–Kier alpha value is -1.54. The second-order valence-corrected chi connectivity index (χ2v) is 4.69. The van der Waals surface area contributed by atoms with Crippen molar-refractivity contribution in [3.63, 3.8) is 0 Å². The molecule has 86 valence electrons. The minimum absolute atomic E-state index is 0.108. The molecule has 0 radical (unpaired) electrons. The molecule has 2 heteroatoms. The molecule has 0 heterocycles. The number of benzene rings is 1. The van der Waals surface area contributed by atoms with Crippen LogP contribution in [0.15, 0.2) is 58.2 Å². The lowest BCUT2D eigenvalue weighted by Gasteiger charge is -2.05. The highest BCUT2D eigenvalue weighted by Gasteiger charge is 2.07. The molecule has 0 amide bonds. The lowest BCUT2D eigenvalue weighted by atomic mass is 10.1. The van der Waals surface area contributed by atoms with E-state index in [2.05, 4.69) is 0 Å². The van der Waals surface area contributed by atoms with E-state index in [1.807, 2.05) is 61.7 Å². The minimum Gasteiger partial charge on any atom is -0.289 e. The van der Waals surface area contributed by atoms with Crippen molar-refractivity contribution in [2.45, 2.75) is 11.8 Å². The van der Waals surface area contributed by atoms with Gasteiger partial charge in [0.15, 0.2) is 5.43 Å². The van der Waals surface area contributed by atoms with Gasteiger partial charge < -0.3 is 0 Å². The van der Waals surface area contributed by atoms with Crippen LogP contribution >= 0.6 is 11.8 Å². The van der Waals surface area contributed by atoms with Crippen LogP contribution in [0.2, 0.25) is 0 Å². The maximum absolute atomic E-state index is 12.2. The highest BCUT2D eigenvalue weighted by atomic mass is 32.2. The summed E-state index contributed by atoms with van der Waals surface area (Å²) in [6.45, 7) is 1.85. The van der Waals surface area contributed by atoms with E-state index in [0.717, 1.165) is 21.6 Å². The zero-order valence-corrected chi connectivity index (χ0v) is 10.8. The quantitative estimate of drug-likeness (QED) is 0.746. The monoisotopic (exact) mass is 242 g/mol. The average Bonchev–Trinajstić information content (AvgIpc) is 2.53. The van der Waals surface area contributed by atoms with Crippen LogP contribution in [-0.2, 0) is 0 Å². The molecule has 0 N–H and O–H groups in total. The van der Waals surface area contributed by atoms with Crippen LogP contribution in [0, 0.1) is 6.92 Å². The number of hydrogen-bond acceptors (Lipinski definition) is 2. The molecule has 1 nitrogen and oxygen atoms in total. The van der Waals surface area contributed by atoms with Crippen molar-refractivity contribution in [2.24, 2.45) is 0 Å². The largest absolute Gasteiger partial charge is 0.289 e. The molecule has 0 saturated heterocycles. The molecule has 17 heavy (non-hydrogen) atoms. The first-order valence-corrected chi connectivity index (χ1v) is 6.70. The maximum Gasteiger partial charge on any atom is 0.189 e. The average molecular weight is 242 g/mol. The van der Waals surface area contributed by atoms with Crippen molar-refractivity contribution in [3.8, 4) is 11.1 Å². The summed E-state index contributed by atoms with van der Waals surface area (Å²) in [4.78, 5) is 13.4. The predicted octanol–water partition coefficient (Wildman–Crippen LogP) is 3.74. The molecular formula is C15H14OS. The second kappa shape index (κ2) is 5.19. The standard InChI is InChI=1S/C15H14OS/c1-11-7-3-4-9-13(15(11)16)12-8-5-6-10-14(12)17-2/h3-10H,1-2H3. The Bertz CT molecular complexity index is 590. The van der Waals surface area contributed by atoms with E-state index >= 15 is 0 Å². The molecule has 0 saturated carbocycles. The molecule has 0 spiro atoms. The molecule has 0 unspecified atom stereocenters. The number of aryl methyl sites for hydroxylation is 1. The molecule has 0 fully saturated rings. The third-order valence-corrected chi connectivity index (χ3v) is 3.52. The molecule has 0 aliphatic carbocycles. The summed E-state index contributed by atoms with van der Waals surface area (Å²) in [7, 11) is 0. The van der Waals surface area contributed by atoms with E-state index in [-0.39, 0.29) is 5.43 Å². The Morgan fingerprint density at radius 1 is 0.882 bits per heavy atom. The summed E-state index contributed by atoms with van der Waals surface area (Å²) in [6, 6.07) is 15.6. The molecule has 0 bridgehead atoms. The van der Waals surface area contributed by atoms with E-state index in [4.69, 9.17) is 0 Å². The van der Waals surface area contributed by atoms with Gasteiger partial charge in [-0.05, 0) is 30.4 Å². The van der Waals surface area contributed by atoms with Crippen LogP contribution in [-0.4, -0.2) is 6.26 Å². The van der Waals surface area contributed by atoms with Crippen molar-refractivity contribution in [1.29, 1.82) is 0 Å². The molecule has 0 aliphatic heterocycles. The topological polar surface area (TPSA) is 17.1 Å². The fraction of sp³-hybridized carbons (Fsp3) is 0.133. The second-order valence-electron chi connectivity index (χ2n) is 3.84. The van der Waals surface area contributed by atoms with Gasteiger partial charge in [0, 0.05) is 10.5 Å². The Morgan fingerprint density at radius 3 is 2.18 bits per heavy atom. The van der Waals surface area contributed by atoms with E-state index in [1.165, 1.54) is 0 Å². The maximum atomic E-state index is 12.2. The Morgan fingerprint density at radius 2 is 1.47 bits per heavy atom. The van der Waals surface area contributed by atoms with Gasteiger partial charge in [-0.15, -0.1) is 11.8 Å². The van der Waals surface area contributed by atoms with Crippen LogP contribution in [0.3, 0.4) is 0 Å². The Kier molecular flexibility index (Phi) is 3.64. The van der Waals surface area contributed by atoms with Crippen LogP contribution in [0.4, 0.5) is 0 Å². The highest BCUT2D eigenvalue weighted by molar-refractivity contribution is 7.98. The van der Waals surface area contributed by atoms with Crippen molar-refractivity contribution in [3.05, 3.63) is 64.3 Å². The van der Waals surface area contributed by atoms with E-state index < -0.39 is 0 Å². The van der Waals surface area contributed by atoms with Crippen LogP contribution in [0.25, 0.3) is 11.1 Å². The van der Waals surface area contributed by atoms with Crippen LogP contribution in [0.5, 0.6) is 0 Å². The molecule has 0 atom stereocenters. The Balaban J connectivity index is 2.74. The van der Waals surface area contributed by atoms with Gasteiger partial charge in [0.1, 0.15) is 0 Å². The number of thioether (sulfide) groups is 1. The zero-order valence-electron chi connectivity index (χ0n) is 9.94. The summed E-state index contributed by atoms with van der Waals surface area (Å²) >= 11 is 1.66. The molecule has 2 aromatic rings. The molecule has 0 aromatic heterocycles. The van der Waals surface area contributed by atoms with E-state index in [1.54, 1.807) is 11.8 Å². The lowest BCUT2D eigenvalue weighted by Crippen LogP contribution is -2.04. The van der Waals surface area contributed by atoms with Crippen LogP contribution in [0.1, 0.15) is 5.56 Å². The first kappa shape index (κ1) is 11.9. The lowest BCUT2D eigenvalue weighted by molar-refractivity contribution is 1.39. The fourth-order valence-corrected chi connectivity index (χ4v) is 2.41. The van der Waals surface area contributed by atoms with E-state index in [0.29, 0.717) is 0 Å². The predicted molar refractivity (Wildman–Crippen MR) is 74.7 cm³/mol. The van der Waals surface area contributed by atoms with Crippen molar-refractivity contribution >= 4 is 11.8 Å². The normalized spacial score (nSPS) is 10.2. The summed E-state index contributed by atoms with van der Waals surface area (Å²) < 4.78 is 0. The van der Waals surface area contributed by atoms with Gasteiger partial charge >= 0.3 is 0 Å². The number of hydrogen-bond donors (Lipinski definition) is 0. The highest BCUT2D eigenvalue weighted by Crippen LogP contribution is 2.27. The smallest absolute Gasteiger partial charge is 0.189 e. The zero-order chi connectivity index (χ0) is 12.3. The summed E-state index contributed by atoms with van der Waals surface area (Å²) in [5.41, 5.74) is 2.68. The summed E-state index contributed by atoms with van der Waals surface area (Å²) in [6.07, 6.45) is 2.03. The van der Waals surface area contributed by atoms with Crippen molar-refractivity contribution < 1.29 is 0 Å².